The second-order valence-electron chi connectivity index (χ2n) is 2.87. The Kier molecular flexibility index (Phi) is 8.23. The van der Waals surface area contributed by atoms with Gasteiger partial charge in [0.25, 0.3) is 0 Å². The molecule has 0 heterocycles. The van der Waals surface area contributed by atoms with Crippen LogP contribution in [0.25, 0.3) is 0 Å². The molecule has 0 N–H and O–H groups in total. The van der Waals surface area contributed by atoms with Crippen LogP contribution >= 0.6 is 23.2 Å². The molecule has 0 saturated heterocycles. The zero-order chi connectivity index (χ0) is 17.3. The molecule has 0 aromatic rings. The van der Waals surface area contributed by atoms with E-state index in [-0.39, 0.29) is 0 Å². The molecular weight excluding hydrogens is 357 g/mol. The minimum Gasteiger partial charge on any atom is -0.403 e. The van der Waals surface area contributed by atoms with Crippen LogP contribution in [0.2, 0.25) is 0 Å². The Morgan fingerprint density at radius 2 is 0.864 bits per heavy atom. The highest BCUT2D eigenvalue weighted by Gasteiger charge is 2.45. The lowest BCUT2D eigenvalue weighted by molar-refractivity contribution is 0.219. The molecule has 0 aliphatic heterocycles. The van der Waals surface area contributed by atoms with E-state index < -0.39 is 23.2 Å². The van der Waals surface area contributed by atoms with Gasteiger partial charge >= 0.3 is 23.2 Å². The van der Waals surface area contributed by atoms with Gasteiger partial charge in [0.2, 0.25) is 0 Å². The minimum atomic E-state index is -4.52. The Bertz CT molecular complexity index is 510. The van der Waals surface area contributed by atoms with Crippen molar-refractivity contribution in [3.8, 4) is 0 Å². The predicted octanol–water partition coefficient (Wildman–Crippen LogP) is 5.21. The van der Waals surface area contributed by atoms with Crippen molar-refractivity contribution in [3.05, 3.63) is 63.8 Å². The lowest BCUT2D eigenvalue weighted by Gasteiger charge is -2.21. The maximum absolute atomic E-state index is 12.3. The van der Waals surface area contributed by atoms with Gasteiger partial charge in [0, 0.05) is 5.82 Å². The SMILES string of the molecule is C=COP(=O)(OC=C)OP(=O)(C=C)OP(=O)(OC=C)OC=C. The molecule has 124 valence electrons. The summed E-state index contributed by atoms with van der Waals surface area (Å²) in [6.07, 6.45) is 2.82. The molecule has 9 nitrogen and oxygen atoms in total. The first-order valence-corrected chi connectivity index (χ1v) is 9.78. The molecule has 0 aromatic carbocycles. The predicted molar refractivity (Wildman–Crippen MR) is 80.3 cm³/mol. The minimum absolute atomic E-state index is 0.587. The third kappa shape index (κ3) is 6.52. The maximum Gasteiger partial charge on any atom is 0.594 e. The lowest BCUT2D eigenvalue weighted by atomic mass is 11.2. The van der Waals surface area contributed by atoms with E-state index in [1.807, 2.05) is 0 Å². The number of hydrogen-bond acceptors (Lipinski definition) is 9. The van der Waals surface area contributed by atoms with Gasteiger partial charge in [-0.3, -0.25) is 4.57 Å². The zero-order valence-corrected chi connectivity index (χ0v) is 14.1. The van der Waals surface area contributed by atoms with Crippen LogP contribution in [0.1, 0.15) is 0 Å². The Morgan fingerprint density at radius 1 is 0.591 bits per heavy atom. The van der Waals surface area contributed by atoms with Gasteiger partial charge in [-0.15, -0.1) is 0 Å². The molecule has 12 heteroatoms. The monoisotopic (exact) mass is 372 g/mol. The molecule has 22 heavy (non-hydrogen) atoms. The van der Waals surface area contributed by atoms with Crippen LogP contribution in [0.5, 0.6) is 0 Å². The summed E-state index contributed by atoms with van der Waals surface area (Å²) in [6, 6.07) is 0. The summed E-state index contributed by atoms with van der Waals surface area (Å²) in [4.78, 5) is 0. The van der Waals surface area contributed by atoms with Crippen LogP contribution in [-0.2, 0) is 40.4 Å². The van der Waals surface area contributed by atoms with Crippen LogP contribution in [0.15, 0.2) is 63.8 Å². The first kappa shape index (κ1) is 20.5. The highest BCUT2D eigenvalue weighted by molar-refractivity contribution is 7.72. The Hall–Kier alpha value is -1.49. The fourth-order valence-corrected chi connectivity index (χ4v) is 5.45. The van der Waals surface area contributed by atoms with Crippen LogP contribution in [-0.4, -0.2) is 0 Å². The van der Waals surface area contributed by atoms with Crippen LogP contribution in [0.4, 0.5) is 0 Å². The summed E-state index contributed by atoms with van der Waals surface area (Å²) in [5.74, 6) is 0.587. The first-order valence-electron chi connectivity index (χ1n) is 5.25. The van der Waals surface area contributed by atoms with Crippen molar-refractivity contribution in [2.24, 2.45) is 0 Å². The summed E-state index contributed by atoms with van der Waals surface area (Å²) < 4.78 is 63.7. The molecule has 0 amide bonds. The third-order valence-corrected chi connectivity index (χ3v) is 6.96. The standard InChI is InChI=1S/C10H15O9P3/c1-6-14-21(12,15-7-2)18-20(11,10-5)19-22(13,16-8-3)17-9-4/h6-10H,1-5H2. The van der Waals surface area contributed by atoms with Gasteiger partial charge in [0.05, 0.1) is 25.0 Å². The Labute approximate surface area is 128 Å². The van der Waals surface area contributed by atoms with Crippen LogP contribution in [0.3, 0.4) is 0 Å². The van der Waals surface area contributed by atoms with Crippen molar-refractivity contribution in [1.82, 2.24) is 0 Å². The van der Waals surface area contributed by atoms with Gasteiger partial charge in [-0.05, 0) is 0 Å². The van der Waals surface area contributed by atoms with Crippen molar-refractivity contribution in [3.63, 3.8) is 0 Å². The zero-order valence-electron chi connectivity index (χ0n) is 11.4. The molecule has 0 rings (SSSR count). The van der Waals surface area contributed by atoms with E-state index in [1.54, 1.807) is 0 Å². The van der Waals surface area contributed by atoms with Crippen molar-refractivity contribution in [1.29, 1.82) is 0 Å². The summed E-state index contributed by atoms with van der Waals surface area (Å²) in [7, 11) is -13.4. The summed E-state index contributed by atoms with van der Waals surface area (Å²) in [5, 5.41) is 0. The highest BCUT2D eigenvalue weighted by Crippen LogP contribution is 2.73. The summed E-state index contributed by atoms with van der Waals surface area (Å²) in [6.45, 7) is 15.7. The second kappa shape index (κ2) is 8.83. The molecule has 0 aliphatic carbocycles. The summed E-state index contributed by atoms with van der Waals surface area (Å²) in [5.41, 5.74) is 0. The van der Waals surface area contributed by atoms with Gasteiger partial charge in [0.1, 0.15) is 0 Å². The molecule has 0 aliphatic rings. The van der Waals surface area contributed by atoms with Gasteiger partial charge < -0.3 is 18.1 Å². The van der Waals surface area contributed by atoms with Crippen LogP contribution in [0, 0.1) is 0 Å². The molecule has 0 aromatic heterocycles. The Balaban J connectivity index is 5.49. The fourth-order valence-electron chi connectivity index (χ4n) is 0.852. The topological polar surface area (TPSA) is 107 Å². The quantitative estimate of drug-likeness (QED) is 0.318. The molecule has 0 bridgehead atoms. The number of hydrogen-bond donors (Lipinski definition) is 0. The van der Waals surface area contributed by atoms with E-state index in [0.29, 0.717) is 30.9 Å². The van der Waals surface area contributed by atoms with E-state index in [1.165, 1.54) is 0 Å². The number of rotatable bonds is 13. The fraction of sp³-hybridized carbons (Fsp3) is 0. The largest absolute Gasteiger partial charge is 0.594 e. The van der Waals surface area contributed by atoms with E-state index >= 15 is 0 Å². The maximum atomic E-state index is 12.3. The van der Waals surface area contributed by atoms with E-state index in [2.05, 4.69) is 59.6 Å². The smallest absolute Gasteiger partial charge is 0.403 e. The molecule has 0 atom stereocenters. The molecule has 0 radical (unpaired) electrons. The summed E-state index contributed by atoms with van der Waals surface area (Å²) >= 11 is 0. The number of phosphoric ester groups is 2. The van der Waals surface area contributed by atoms with Crippen LogP contribution < -0.4 is 0 Å². The average molecular weight is 372 g/mol. The van der Waals surface area contributed by atoms with E-state index in [4.69, 9.17) is 0 Å². The molecule has 0 unspecified atom stereocenters. The van der Waals surface area contributed by atoms with Crippen molar-refractivity contribution < 1.29 is 40.4 Å². The van der Waals surface area contributed by atoms with Gasteiger partial charge in [-0.25, -0.2) is 9.13 Å². The molecular formula is C10H15O9P3. The molecule has 0 spiro atoms. The van der Waals surface area contributed by atoms with Gasteiger partial charge in [0.15, 0.2) is 0 Å². The third-order valence-electron chi connectivity index (χ3n) is 1.47. The molecule has 0 fully saturated rings. The van der Waals surface area contributed by atoms with Crippen molar-refractivity contribution >= 4 is 23.2 Å². The second-order valence-corrected chi connectivity index (χ2v) is 8.25. The first-order chi connectivity index (χ1) is 10.2. The Morgan fingerprint density at radius 3 is 1.05 bits per heavy atom. The van der Waals surface area contributed by atoms with Crippen molar-refractivity contribution in [2.45, 2.75) is 0 Å². The van der Waals surface area contributed by atoms with E-state index in [9.17, 15) is 13.7 Å². The van der Waals surface area contributed by atoms with E-state index in [0.717, 1.165) is 0 Å². The lowest BCUT2D eigenvalue weighted by Crippen LogP contribution is -1.96. The van der Waals surface area contributed by atoms with Gasteiger partial charge in [-0.1, -0.05) is 32.9 Å². The van der Waals surface area contributed by atoms with Gasteiger partial charge in [-0.2, -0.15) is 8.62 Å². The highest BCUT2D eigenvalue weighted by atomic mass is 31.3. The average Bonchev–Trinajstić information content (AvgIpc) is 2.38. The molecule has 0 saturated carbocycles. The van der Waals surface area contributed by atoms with Crippen molar-refractivity contribution in [2.75, 3.05) is 0 Å². The number of phosphoric acid groups is 2. The normalized spacial score (nSPS) is 11.6.